The van der Waals surface area contributed by atoms with E-state index in [2.05, 4.69) is 17.1 Å². The van der Waals surface area contributed by atoms with Crippen LogP contribution < -0.4 is 11.2 Å². The van der Waals surface area contributed by atoms with Crippen LogP contribution in [0.4, 0.5) is 0 Å². The zero-order chi connectivity index (χ0) is 13.9. The molecule has 5 nitrogen and oxygen atoms in total. The van der Waals surface area contributed by atoms with Crippen molar-refractivity contribution in [1.82, 2.24) is 5.32 Å². The van der Waals surface area contributed by atoms with E-state index in [0.717, 1.165) is 25.2 Å². The summed E-state index contributed by atoms with van der Waals surface area (Å²) in [5, 5.41) is 2.89. The van der Waals surface area contributed by atoms with Crippen molar-refractivity contribution in [3.05, 3.63) is 0 Å². The highest BCUT2D eigenvalue weighted by molar-refractivity contribution is 5.75. The summed E-state index contributed by atoms with van der Waals surface area (Å²) in [7, 11) is 0. The molecule has 0 radical (unpaired) electrons. The number of amides is 1. The van der Waals surface area contributed by atoms with E-state index in [0.29, 0.717) is 32.3 Å². The SMILES string of the molecule is CCC1CCC1OCCCC(=O)NCCCCON. The predicted molar refractivity (Wildman–Crippen MR) is 74.4 cm³/mol. The second kappa shape index (κ2) is 10.2. The molecule has 2 unspecified atom stereocenters. The Labute approximate surface area is 116 Å². The van der Waals surface area contributed by atoms with E-state index in [4.69, 9.17) is 10.6 Å². The summed E-state index contributed by atoms with van der Waals surface area (Å²) in [6.45, 7) is 4.16. The minimum atomic E-state index is 0.109. The number of hydrogen-bond acceptors (Lipinski definition) is 4. The van der Waals surface area contributed by atoms with Crippen LogP contribution in [0.25, 0.3) is 0 Å². The largest absolute Gasteiger partial charge is 0.378 e. The lowest BCUT2D eigenvalue weighted by Gasteiger charge is -2.35. The van der Waals surface area contributed by atoms with Crippen LogP contribution in [-0.2, 0) is 14.4 Å². The Balaban J connectivity index is 1.87. The second-order valence-corrected chi connectivity index (χ2v) is 5.19. The molecule has 0 heterocycles. The zero-order valence-corrected chi connectivity index (χ0v) is 12.0. The molecular formula is C14H28N2O3. The maximum atomic E-state index is 11.5. The number of unbranched alkanes of at least 4 members (excludes halogenated alkanes) is 1. The average molecular weight is 272 g/mol. The number of ether oxygens (including phenoxy) is 1. The van der Waals surface area contributed by atoms with Crippen molar-refractivity contribution in [2.24, 2.45) is 11.8 Å². The molecule has 1 saturated carbocycles. The Morgan fingerprint density at radius 3 is 2.74 bits per heavy atom. The lowest BCUT2D eigenvalue weighted by atomic mass is 9.80. The van der Waals surface area contributed by atoms with Crippen molar-refractivity contribution in [2.75, 3.05) is 19.8 Å². The molecule has 1 amide bonds. The first-order valence-corrected chi connectivity index (χ1v) is 7.48. The van der Waals surface area contributed by atoms with Gasteiger partial charge in [0.15, 0.2) is 0 Å². The van der Waals surface area contributed by atoms with Crippen LogP contribution in [-0.4, -0.2) is 31.8 Å². The van der Waals surface area contributed by atoms with Crippen LogP contribution >= 0.6 is 0 Å². The van der Waals surface area contributed by atoms with E-state index >= 15 is 0 Å². The van der Waals surface area contributed by atoms with Crippen LogP contribution in [0.5, 0.6) is 0 Å². The first-order chi connectivity index (χ1) is 9.27. The topological polar surface area (TPSA) is 73.6 Å². The third kappa shape index (κ3) is 6.89. The minimum absolute atomic E-state index is 0.109. The van der Waals surface area contributed by atoms with Crippen molar-refractivity contribution in [2.45, 2.75) is 58.0 Å². The third-order valence-electron chi connectivity index (χ3n) is 3.76. The fourth-order valence-corrected chi connectivity index (χ4v) is 2.32. The molecule has 19 heavy (non-hydrogen) atoms. The highest BCUT2D eigenvalue weighted by Crippen LogP contribution is 2.32. The zero-order valence-electron chi connectivity index (χ0n) is 12.0. The molecular weight excluding hydrogens is 244 g/mol. The van der Waals surface area contributed by atoms with Crippen molar-refractivity contribution in [3.8, 4) is 0 Å². The van der Waals surface area contributed by atoms with Crippen LogP contribution in [0, 0.1) is 5.92 Å². The smallest absolute Gasteiger partial charge is 0.220 e. The molecule has 0 aromatic rings. The summed E-state index contributed by atoms with van der Waals surface area (Å²) < 4.78 is 5.78. The van der Waals surface area contributed by atoms with Gasteiger partial charge in [0.05, 0.1) is 12.7 Å². The van der Waals surface area contributed by atoms with Crippen molar-refractivity contribution in [3.63, 3.8) is 0 Å². The molecule has 112 valence electrons. The van der Waals surface area contributed by atoms with Crippen LogP contribution in [0.1, 0.15) is 51.9 Å². The molecule has 0 bridgehead atoms. The standard InChI is InChI=1S/C14H28N2O3/c1-2-12-7-8-13(12)18-10-5-6-14(17)16-9-3-4-11-19-15/h12-13H,2-11,15H2,1H3,(H,16,17). The molecule has 0 spiro atoms. The molecule has 1 aliphatic carbocycles. The molecule has 5 heteroatoms. The van der Waals surface area contributed by atoms with Gasteiger partial charge < -0.3 is 14.9 Å². The second-order valence-electron chi connectivity index (χ2n) is 5.19. The molecule has 0 aromatic heterocycles. The van der Waals surface area contributed by atoms with Gasteiger partial charge in [0.1, 0.15) is 0 Å². The van der Waals surface area contributed by atoms with E-state index in [9.17, 15) is 4.79 Å². The molecule has 1 aliphatic rings. The summed E-state index contributed by atoms with van der Waals surface area (Å²) in [5.41, 5.74) is 0. The first-order valence-electron chi connectivity index (χ1n) is 7.48. The van der Waals surface area contributed by atoms with Crippen LogP contribution in [0.15, 0.2) is 0 Å². The van der Waals surface area contributed by atoms with Gasteiger partial charge in [-0.25, -0.2) is 5.90 Å². The minimum Gasteiger partial charge on any atom is -0.378 e. The summed E-state index contributed by atoms with van der Waals surface area (Å²) in [5.74, 6) is 5.77. The molecule has 2 atom stereocenters. The highest BCUT2D eigenvalue weighted by atomic mass is 16.6. The Hall–Kier alpha value is -0.650. The Morgan fingerprint density at radius 2 is 2.11 bits per heavy atom. The molecule has 0 saturated heterocycles. The van der Waals surface area contributed by atoms with Gasteiger partial charge in [-0.1, -0.05) is 13.3 Å². The number of carbonyl (C=O) groups excluding carboxylic acids is 1. The van der Waals surface area contributed by atoms with Gasteiger partial charge in [-0.2, -0.15) is 0 Å². The summed E-state index contributed by atoms with van der Waals surface area (Å²) in [4.78, 5) is 16.0. The number of carbonyl (C=O) groups is 1. The van der Waals surface area contributed by atoms with Gasteiger partial charge in [0, 0.05) is 19.6 Å². The van der Waals surface area contributed by atoms with Gasteiger partial charge in [0.25, 0.3) is 0 Å². The van der Waals surface area contributed by atoms with Crippen molar-refractivity contribution < 1.29 is 14.4 Å². The van der Waals surface area contributed by atoms with Crippen LogP contribution in [0.2, 0.25) is 0 Å². The average Bonchev–Trinajstić information content (AvgIpc) is 2.37. The number of nitrogens with one attached hydrogen (secondary N) is 1. The molecule has 1 fully saturated rings. The summed E-state index contributed by atoms with van der Waals surface area (Å²) in [6.07, 6.45) is 7.28. The Kier molecular flexibility index (Phi) is 8.79. The molecule has 0 aliphatic heterocycles. The molecule has 1 rings (SSSR count). The highest BCUT2D eigenvalue weighted by Gasteiger charge is 2.29. The lowest BCUT2D eigenvalue weighted by Crippen LogP contribution is -2.34. The summed E-state index contributed by atoms with van der Waals surface area (Å²) in [6, 6.07) is 0. The fourth-order valence-electron chi connectivity index (χ4n) is 2.32. The fraction of sp³-hybridized carbons (Fsp3) is 0.929. The Morgan fingerprint density at radius 1 is 1.26 bits per heavy atom. The number of rotatable bonds is 11. The first kappa shape index (κ1) is 16.4. The number of nitrogens with two attached hydrogens (primary N) is 1. The molecule has 0 aromatic carbocycles. The van der Waals surface area contributed by atoms with Crippen molar-refractivity contribution >= 4 is 5.91 Å². The quantitative estimate of drug-likeness (QED) is 0.444. The van der Waals surface area contributed by atoms with Gasteiger partial charge in [-0.05, 0) is 38.0 Å². The van der Waals surface area contributed by atoms with E-state index in [1.165, 1.54) is 19.3 Å². The number of hydrogen-bond donors (Lipinski definition) is 2. The summed E-state index contributed by atoms with van der Waals surface area (Å²) >= 11 is 0. The van der Waals surface area contributed by atoms with Crippen molar-refractivity contribution in [1.29, 1.82) is 0 Å². The van der Waals surface area contributed by atoms with Gasteiger partial charge in [-0.3, -0.25) is 4.79 Å². The van der Waals surface area contributed by atoms with Gasteiger partial charge in [0.2, 0.25) is 5.91 Å². The Bertz CT molecular complexity index is 247. The maximum absolute atomic E-state index is 11.5. The van der Waals surface area contributed by atoms with Gasteiger partial charge >= 0.3 is 0 Å². The van der Waals surface area contributed by atoms with Gasteiger partial charge in [-0.15, -0.1) is 0 Å². The van der Waals surface area contributed by atoms with E-state index < -0.39 is 0 Å². The molecule has 3 N–H and O–H groups in total. The lowest BCUT2D eigenvalue weighted by molar-refractivity contribution is -0.121. The maximum Gasteiger partial charge on any atom is 0.220 e. The predicted octanol–water partition coefficient (Wildman–Crippen LogP) is 1.76. The van der Waals surface area contributed by atoms with E-state index in [1.807, 2.05) is 0 Å². The van der Waals surface area contributed by atoms with E-state index in [-0.39, 0.29) is 5.91 Å². The normalized spacial score (nSPS) is 22.0. The monoisotopic (exact) mass is 272 g/mol. The van der Waals surface area contributed by atoms with Crippen LogP contribution in [0.3, 0.4) is 0 Å². The third-order valence-corrected chi connectivity index (χ3v) is 3.76. The van der Waals surface area contributed by atoms with E-state index in [1.54, 1.807) is 0 Å².